The third-order valence-electron chi connectivity index (χ3n) is 6.43. The molecular weight excluding hydrogens is 412 g/mol. The number of hydrogen-bond acceptors (Lipinski definition) is 5. The Morgan fingerprint density at radius 1 is 1.09 bits per heavy atom. The van der Waals surface area contributed by atoms with Gasteiger partial charge in [0.15, 0.2) is 0 Å². The van der Waals surface area contributed by atoms with E-state index in [1.807, 2.05) is 31.2 Å². The van der Waals surface area contributed by atoms with Crippen molar-refractivity contribution in [3.63, 3.8) is 0 Å². The van der Waals surface area contributed by atoms with Crippen molar-refractivity contribution >= 4 is 28.1 Å². The van der Waals surface area contributed by atoms with Crippen molar-refractivity contribution in [1.29, 1.82) is 0 Å². The third kappa shape index (κ3) is 4.07. The molecule has 3 aromatic heterocycles. The van der Waals surface area contributed by atoms with Crippen molar-refractivity contribution in [1.82, 2.24) is 20.3 Å². The van der Waals surface area contributed by atoms with Gasteiger partial charge < -0.3 is 16.0 Å². The quantitative estimate of drug-likeness (QED) is 0.436. The molecule has 1 saturated heterocycles. The van der Waals surface area contributed by atoms with E-state index in [2.05, 4.69) is 39.7 Å². The molecule has 0 amide bonds. The van der Waals surface area contributed by atoms with Crippen LogP contribution in [0.4, 0.5) is 17.3 Å². The Labute approximate surface area is 192 Å². The van der Waals surface area contributed by atoms with E-state index in [4.69, 9.17) is 10.7 Å². The van der Waals surface area contributed by atoms with Crippen LogP contribution >= 0.6 is 0 Å². The Morgan fingerprint density at radius 2 is 1.91 bits per heavy atom. The number of nitrogens with two attached hydrogens (primary N) is 1. The first kappa shape index (κ1) is 21.2. The summed E-state index contributed by atoms with van der Waals surface area (Å²) in [5, 5.41) is 9.38. The number of nitrogens with one attached hydrogen (secondary N) is 2. The van der Waals surface area contributed by atoms with Crippen molar-refractivity contribution in [2.75, 3.05) is 24.1 Å². The molecule has 1 fully saturated rings. The monoisotopic (exact) mass is 439 g/mol. The minimum absolute atomic E-state index is 0.175. The third-order valence-corrected chi connectivity index (χ3v) is 6.43. The molecule has 1 aliphatic rings. The van der Waals surface area contributed by atoms with Gasteiger partial charge in [0, 0.05) is 36.7 Å². The van der Waals surface area contributed by atoms with Crippen molar-refractivity contribution in [3.05, 3.63) is 75.8 Å². The lowest BCUT2D eigenvalue weighted by molar-refractivity contribution is 0.453. The van der Waals surface area contributed by atoms with E-state index in [-0.39, 0.29) is 5.56 Å². The molecule has 0 saturated carbocycles. The van der Waals surface area contributed by atoms with E-state index >= 15 is 0 Å². The zero-order valence-electron chi connectivity index (χ0n) is 18.9. The highest BCUT2D eigenvalue weighted by atomic mass is 16.1. The molecule has 1 aromatic carbocycles. The smallest absolute Gasteiger partial charge is 0.259 e. The predicted octanol–water partition coefficient (Wildman–Crippen LogP) is 4.41. The zero-order chi connectivity index (χ0) is 22.9. The SMILES string of the molecule is Cc1cc(-c2cc3cc[nH]c(=O)c3c(Nc3cccc(C)c3C3CC[N]CC3)n2)cnc1N. The fraction of sp³-hybridized carbons (Fsp3) is 0.269. The normalized spacial score (nSPS) is 14.5. The molecular formula is C26H27N6O. The number of hydrogen-bond donors (Lipinski definition) is 3. The molecule has 4 aromatic rings. The van der Waals surface area contributed by atoms with Crippen LogP contribution in [0.25, 0.3) is 22.0 Å². The molecule has 167 valence electrons. The second kappa shape index (κ2) is 8.67. The molecule has 33 heavy (non-hydrogen) atoms. The van der Waals surface area contributed by atoms with Crippen molar-refractivity contribution < 1.29 is 0 Å². The summed E-state index contributed by atoms with van der Waals surface area (Å²) >= 11 is 0. The lowest BCUT2D eigenvalue weighted by atomic mass is 9.86. The number of aryl methyl sites for hydroxylation is 2. The highest BCUT2D eigenvalue weighted by Gasteiger charge is 2.22. The number of nitrogens with zero attached hydrogens (tertiary/aromatic N) is 3. The minimum atomic E-state index is -0.175. The second-order valence-corrected chi connectivity index (χ2v) is 8.66. The maximum absolute atomic E-state index is 12.8. The van der Waals surface area contributed by atoms with Gasteiger partial charge in [0.1, 0.15) is 11.6 Å². The van der Waals surface area contributed by atoms with E-state index < -0.39 is 0 Å². The highest BCUT2D eigenvalue weighted by Crippen LogP contribution is 2.36. The van der Waals surface area contributed by atoms with Gasteiger partial charge in [-0.15, -0.1) is 0 Å². The molecule has 0 spiro atoms. The highest BCUT2D eigenvalue weighted by molar-refractivity contribution is 5.95. The summed E-state index contributed by atoms with van der Waals surface area (Å²) in [4.78, 5) is 24.8. The Balaban J connectivity index is 1.66. The van der Waals surface area contributed by atoms with Crippen LogP contribution in [0.1, 0.15) is 35.4 Å². The number of H-pyrrole nitrogens is 1. The number of rotatable bonds is 4. The first-order valence-corrected chi connectivity index (χ1v) is 11.3. The van der Waals surface area contributed by atoms with Gasteiger partial charge in [0.25, 0.3) is 5.56 Å². The van der Waals surface area contributed by atoms with Gasteiger partial charge in [-0.05, 0) is 78.9 Å². The van der Waals surface area contributed by atoms with Crippen LogP contribution in [0.5, 0.6) is 0 Å². The largest absolute Gasteiger partial charge is 0.383 e. The molecule has 7 nitrogen and oxygen atoms in total. The molecule has 0 bridgehead atoms. The average Bonchev–Trinajstić information content (AvgIpc) is 2.81. The van der Waals surface area contributed by atoms with Gasteiger partial charge in [0.05, 0.1) is 11.1 Å². The van der Waals surface area contributed by atoms with E-state index in [0.717, 1.165) is 53.8 Å². The first-order chi connectivity index (χ1) is 16.0. The summed E-state index contributed by atoms with van der Waals surface area (Å²) in [5.41, 5.74) is 11.7. The lowest BCUT2D eigenvalue weighted by Gasteiger charge is -2.26. The van der Waals surface area contributed by atoms with Crippen molar-refractivity contribution in [2.24, 2.45) is 0 Å². The summed E-state index contributed by atoms with van der Waals surface area (Å²) in [6.45, 7) is 5.84. The number of pyridine rings is 3. The van der Waals surface area contributed by atoms with Crippen LogP contribution in [-0.4, -0.2) is 28.0 Å². The number of fused-ring (bicyclic) bond motifs is 1. The molecule has 4 N–H and O–H groups in total. The number of piperidine rings is 1. The van der Waals surface area contributed by atoms with Gasteiger partial charge in [-0.2, -0.15) is 0 Å². The van der Waals surface area contributed by atoms with Gasteiger partial charge in [0.2, 0.25) is 0 Å². The minimum Gasteiger partial charge on any atom is -0.383 e. The molecule has 0 atom stereocenters. The Kier molecular flexibility index (Phi) is 5.56. The summed E-state index contributed by atoms with van der Waals surface area (Å²) in [5.74, 6) is 1.46. The van der Waals surface area contributed by atoms with Crippen molar-refractivity contribution in [3.8, 4) is 11.3 Å². The summed E-state index contributed by atoms with van der Waals surface area (Å²) in [6, 6.07) is 12.0. The van der Waals surface area contributed by atoms with Crippen molar-refractivity contribution in [2.45, 2.75) is 32.6 Å². The fourth-order valence-corrected chi connectivity index (χ4v) is 4.68. The summed E-state index contributed by atoms with van der Waals surface area (Å²) in [6.07, 6.45) is 5.45. The molecule has 7 heteroatoms. The topological polar surface area (TPSA) is 111 Å². The van der Waals surface area contributed by atoms with Crippen LogP contribution in [0.2, 0.25) is 0 Å². The second-order valence-electron chi connectivity index (χ2n) is 8.66. The molecule has 5 rings (SSSR count). The van der Waals surface area contributed by atoms with Crippen LogP contribution in [0.3, 0.4) is 0 Å². The number of nitrogen functional groups attached to an aromatic ring is 1. The average molecular weight is 440 g/mol. The lowest BCUT2D eigenvalue weighted by Crippen LogP contribution is -2.22. The van der Waals surface area contributed by atoms with Crippen LogP contribution in [-0.2, 0) is 0 Å². The number of aromatic amines is 1. The van der Waals surface area contributed by atoms with Crippen LogP contribution in [0, 0.1) is 13.8 Å². The van der Waals surface area contributed by atoms with Crippen LogP contribution in [0.15, 0.2) is 53.6 Å². The summed E-state index contributed by atoms with van der Waals surface area (Å²) < 4.78 is 0. The zero-order valence-corrected chi connectivity index (χ0v) is 18.9. The Hall–Kier alpha value is -3.71. The first-order valence-electron chi connectivity index (χ1n) is 11.3. The maximum Gasteiger partial charge on any atom is 0.259 e. The molecule has 4 heterocycles. The standard InChI is InChI=1S/C26H27N6O/c1-15-4-3-5-20(22(15)17-6-9-28-10-7-17)31-25-23-18(8-11-29-26(23)33)13-21(32-25)19-12-16(2)24(27)30-14-19/h3-5,8,11-14,17H,6-7,9-10H2,1-2H3,(H2,27,30)(H,29,33)(H,31,32). The van der Waals surface area contributed by atoms with Crippen LogP contribution < -0.4 is 21.9 Å². The number of benzene rings is 1. The van der Waals surface area contributed by atoms with Gasteiger partial charge >= 0.3 is 0 Å². The predicted molar refractivity (Wildman–Crippen MR) is 133 cm³/mol. The molecule has 0 unspecified atom stereocenters. The fourth-order valence-electron chi connectivity index (χ4n) is 4.68. The Morgan fingerprint density at radius 3 is 2.70 bits per heavy atom. The van der Waals surface area contributed by atoms with Gasteiger partial charge in [-0.1, -0.05) is 12.1 Å². The van der Waals surface area contributed by atoms with E-state index in [1.54, 1.807) is 12.4 Å². The Bertz CT molecular complexity index is 1390. The number of aromatic nitrogens is 3. The van der Waals surface area contributed by atoms with E-state index in [9.17, 15) is 4.79 Å². The number of anilines is 3. The molecule has 1 radical (unpaired) electrons. The van der Waals surface area contributed by atoms with E-state index in [0.29, 0.717) is 22.9 Å². The van der Waals surface area contributed by atoms with Gasteiger partial charge in [-0.25, -0.2) is 15.3 Å². The van der Waals surface area contributed by atoms with Gasteiger partial charge in [-0.3, -0.25) is 4.79 Å². The molecule has 0 aliphatic carbocycles. The summed E-state index contributed by atoms with van der Waals surface area (Å²) in [7, 11) is 0. The van der Waals surface area contributed by atoms with E-state index in [1.165, 1.54) is 11.1 Å². The maximum atomic E-state index is 12.8. The molecule has 1 aliphatic heterocycles.